The Kier molecular flexibility index (Phi) is 5.78. The van der Waals surface area contributed by atoms with Gasteiger partial charge >= 0.3 is 0 Å². The summed E-state index contributed by atoms with van der Waals surface area (Å²) in [5.41, 5.74) is 0.879. The monoisotopic (exact) mass is 270 g/mol. The minimum absolute atomic E-state index is 0.0243. The van der Waals surface area contributed by atoms with Crippen molar-refractivity contribution in [3.63, 3.8) is 0 Å². The van der Waals surface area contributed by atoms with Crippen molar-refractivity contribution in [1.82, 2.24) is 10.6 Å². The molecule has 1 heterocycles. The van der Waals surface area contributed by atoms with E-state index in [0.29, 0.717) is 13.0 Å². The van der Waals surface area contributed by atoms with Gasteiger partial charge in [-0.15, -0.1) is 0 Å². The van der Waals surface area contributed by atoms with Crippen molar-refractivity contribution in [3.8, 4) is 0 Å². The second kappa shape index (κ2) is 6.87. The average molecular weight is 270 g/mol. The standard InChI is InChI=1S/C13H22N2O2S/c1-13(2,3)15-6-4-12(17)14-8-11(16)10-5-7-18-9-10/h5,7,9,11,15-16H,4,6,8H2,1-3H3,(H,14,17). The summed E-state index contributed by atoms with van der Waals surface area (Å²) in [5, 5.41) is 19.6. The van der Waals surface area contributed by atoms with Gasteiger partial charge in [-0.05, 0) is 43.2 Å². The van der Waals surface area contributed by atoms with Crippen molar-refractivity contribution >= 4 is 17.2 Å². The largest absolute Gasteiger partial charge is 0.387 e. The van der Waals surface area contributed by atoms with Crippen LogP contribution in [0.25, 0.3) is 0 Å². The first kappa shape index (κ1) is 15.1. The maximum Gasteiger partial charge on any atom is 0.221 e. The third kappa shape index (κ3) is 6.14. The molecule has 0 saturated carbocycles. The fraction of sp³-hybridized carbons (Fsp3) is 0.615. The van der Waals surface area contributed by atoms with E-state index in [9.17, 15) is 9.90 Å². The molecule has 0 saturated heterocycles. The Morgan fingerprint density at radius 2 is 2.22 bits per heavy atom. The molecule has 18 heavy (non-hydrogen) atoms. The molecule has 4 nitrogen and oxygen atoms in total. The molecule has 0 aliphatic carbocycles. The first-order valence-electron chi connectivity index (χ1n) is 6.10. The third-order valence-corrected chi connectivity index (χ3v) is 3.13. The first-order chi connectivity index (χ1) is 8.38. The van der Waals surface area contributed by atoms with Crippen molar-refractivity contribution in [2.75, 3.05) is 13.1 Å². The molecule has 102 valence electrons. The normalized spacial score (nSPS) is 13.3. The molecular weight excluding hydrogens is 248 g/mol. The quantitative estimate of drug-likeness (QED) is 0.737. The van der Waals surface area contributed by atoms with E-state index >= 15 is 0 Å². The summed E-state index contributed by atoms with van der Waals surface area (Å²) in [4.78, 5) is 11.5. The molecule has 1 aromatic rings. The average Bonchev–Trinajstić information content (AvgIpc) is 2.77. The molecular formula is C13H22N2O2S. The maximum absolute atomic E-state index is 11.5. The van der Waals surface area contributed by atoms with Crippen molar-refractivity contribution < 1.29 is 9.90 Å². The molecule has 1 aromatic heterocycles. The van der Waals surface area contributed by atoms with Gasteiger partial charge in [-0.3, -0.25) is 4.79 Å². The van der Waals surface area contributed by atoms with Gasteiger partial charge in [-0.2, -0.15) is 11.3 Å². The van der Waals surface area contributed by atoms with Gasteiger partial charge in [0.1, 0.15) is 0 Å². The van der Waals surface area contributed by atoms with E-state index in [1.807, 2.05) is 16.8 Å². The molecule has 1 rings (SSSR count). The number of amides is 1. The summed E-state index contributed by atoms with van der Waals surface area (Å²) in [5.74, 6) is -0.0407. The summed E-state index contributed by atoms with van der Waals surface area (Å²) in [6.07, 6.45) is -0.191. The van der Waals surface area contributed by atoms with E-state index in [-0.39, 0.29) is 18.0 Å². The smallest absolute Gasteiger partial charge is 0.221 e. The predicted molar refractivity (Wildman–Crippen MR) is 74.7 cm³/mol. The van der Waals surface area contributed by atoms with E-state index in [0.717, 1.165) is 5.56 Å². The highest BCUT2D eigenvalue weighted by Crippen LogP contribution is 2.14. The lowest BCUT2D eigenvalue weighted by atomic mass is 10.1. The zero-order valence-electron chi connectivity index (χ0n) is 11.2. The molecule has 0 aromatic carbocycles. The topological polar surface area (TPSA) is 61.4 Å². The van der Waals surface area contributed by atoms with Crippen LogP contribution >= 0.6 is 11.3 Å². The second-order valence-corrected chi connectivity index (χ2v) is 6.08. The molecule has 0 aliphatic rings. The van der Waals surface area contributed by atoms with E-state index in [2.05, 4.69) is 31.4 Å². The van der Waals surface area contributed by atoms with E-state index < -0.39 is 6.10 Å². The summed E-state index contributed by atoms with van der Waals surface area (Å²) in [6.45, 7) is 7.09. The minimum atomic E-state index is -0.615. The molecule has 3 N–H and O–H groups in total. The zero-order valence-corrected chi connectivity index (χ0v) is 12.0. The highest BCUT2D eigenvalue weighted by atomic mass is 32.1. The number of hydrogen-bond donors (Lipinski definition) is 3. The Hall–Kier alpha value is -0.910. The summed E-state index contributed by atoms with van der Waals surface area (Å²) in [7, 11) is 0. The number of hydrogen-bond acceptors (Lipinski definition) is 4. The molecule has 0 radical (unpaired) electrons. The van der Waals surface area contributed by atoms with Crippen LogP contribution in [0.2, 0.25) is 0 Å². The number of aliphatic hydroxyl groups excluding tert-OH is 1. The minimum Gasteiger partial charge on any atom is -0.387 e. The van der Waals surface area contributed by atoms with Crippen LogP contribution < -0.4 is 10.6 Å². The van der Waals surface area contributed by atoms with Gasteiger partial charge in [0, 0.05) is 25.0 Å². The van der Waals surface area contributed by atoms with Gasteiger partial charge in [0.15, 0.2) is 0 Å². The highest BCUT2D eigenvalue weighted by molar-refractivity contribution is 7.07. The molecule has 0 bridgehead atoms. The molecule has 0 fully saturated rings. The van der Waals surface area contributed by atoms with Crippen molar-refractivity contribution in [1.29, 1.82) is 0 Å². The Labute approximate surface area is 112 Å². The van der Waals surface area contributed by atoms with Crippen LogP contribution in [0.1, 0.15) is 38.9 Å². The van der Waals surface area contributed by atoms with Crippen LogP contribution in [-0.4, -0.2) is 29.6 Å². The zero-order chi connectivity index (χ0) is 13.6. The van der Waals surface area contributed by atoms with Crippen LogP contribution in [-0.2, 0) is 4.79 Å². The second-order valence-electron chi connectivity index (χ2n) is 5.30. The summed E-state index contributed by atoms with van der Waals surface area (Å²) in [6, 6.07) is 1.86. The Morgan fingerprint density at radius 3 is 2.78 bits per heavy atom. The van der Waals surface area contributed by atoms with E-state index in [1.165, 1.54) is 11.3 Å². The molecule has 5 heteroatoms. The van der Waals surface area contributed by atoms with Crippen LogP contribution in [0.3, 0.4) is 0 Å². The molecule has 1 unspecified atom stereocenters. The van der Waals surface area contributed by atoms with Gasteiger partial charge in [-0.25, -0.2) is 0 Å². The number of aliphatic hydroxyl groups is 1. The first-order valence-corrected chi connectivity index (χ1v) is 7.04. The fourth-order valence-corrected chi connectivity index (χ4v) is 2.14. The molecule has 1 atom stereocenters. The Balaban J connectivity index is 2.17. The van der Waals surface area contributed by atoms with Gasteiger partial charge in [0.2, 0.25) is 5.91 Å². The Morgan fingerprint density at radius 1 is 1.50 bits per heavy atom. The van der Waals surface area contributed by atoms with Crippen LogP contribution in [0, 0.1) is 0 Å². The maximum atomic E-state index is 11.5. The van der Waals surface area contributed by atoms with Gasteiger partial charge < -0.3 is 15.7 Å². The molecule has 0 aliphatic heterocycles. The number of rotatable bonds is 6. The fourth-order valence-electron chi connectivity index (χ4n) is 1.43. The van der Waals surface area contributed by atoms with Crippen LogP contribution in [0.15, 0.2) is 16.8 Å². The van der Waals surface area contributed by atoms with Crippen LogP contribution in [0.5, 0.6) is 0 Å². The van der Waals surface area contributed by atoms with Crippen molar-refractivity contribution in [2.24, 2.45) is 0 Å². The molecule has 0 spiro atoms. The summed E-state index contributed by atoms with van der Waals surface area (Å²) >= 11 is 1.54. The number of thiophene rings is 1. The number of carbonyl (C=O) groups excluding carboxylic acids is 1. The Bertz CT molecular complexity index is 358. The van der Waals surface area contributed by atoms with Gasteiger partial charge in [-0.1, -0.05) is 0 Å². The van der Waals surface area contributed by atoms with Crippen LogP contribution in [0.4, 0.5) is 0 Å². The van der Waals surface area contributed by atoms with Crippen molar-refractivity contribution in [2.45, 2.75) is 38.8 Å². The SMILES string of the molecule is CC(C)(C)NCCC(=O)NCC(O)c1ccsc1. The van der Waals surface area contributed by atoms with E-state index in [1.54, 1.807) is 0 Å². The van der Waals surface area contributed by atoms with E-state index in [4.69, 9.17) is 0 Å². The highest BCUT2D eigenvalue weighted by Gasteiger charge is 2.11. The lowest BCUT2D eigenvalue weighted by Crippen LogP contribution is -2.39. The van der Waals surface area contributed by atoms with Gasteiger partial charge in [0.05, 0.1) is 6.10 Å². The lowest BCUT2D eigenvalue weighted by Gasteiger charge is -2.20. The van der Waals surface area contributed by atoms with Gasteiger partial charge in [0.25, 0.3) is 0 Å². The lowest BCUT2D eigenvalue weighted by molar-refractivity contribution is -0.121. The number of carbonyl (C=O) groups is 1. The third-order valence-electron chi connectivity index (χ3n) is 2.43. The number of nitrogens with one attached hydrogen (secondary N) is 2. The predicted octanol–water partition coefficient (Wildman–Crippen LogP) is 1.68. The molecule has 1 amide bonds. The van der Waals surface area contributed by atoms with Crippen molar-refractivity contribution in [3.05, 3.63) is 22.4 Å². The summed E-state index contributed by atoms with van der Waals surface area (Å²) < 4.78 is 0.